The van der Waals surface area contributed by atoms with Crippen molar-refractivity contribution in [2.45, 2.75) is 20.3 Å². The Kier molecular flexibility index (Phi) is 4.52. The molecule has 0 aliphatic heterocycles. The maximum absolute atomic E-state index is 14.0. The summed E-state index contributed by atoms with van der Waals surface area (Å²) < 4.78 is 19.4. The predicted molar refractivity (Wildman–Crippen MR) is 78.0 cm³/mol. The van der Waals surface area contributed by atoms with E-state index in [-0.39, 0.29) is 17.8 Å². The standard InChI is InChI=1S/C16H16FNO3/c1-3-21-15-8-16(20)18-9-13(15)11-4-5-12(6-10(2)19)14(17)7-11/h4-5,7-9H,3,6H2,1-2H3,(H,18,20). The molecule has 0 bridgehead atoms. The summed E-state index contributed by atoms with van der Waals surface area (Å²) in [6.45, 7) is 3.63. The van der Waals surface area contributed by atoms with Crippen LogP contribution in [0.2, 0.25) is 0 Å². The molecule has 0 unspecified atom stereocenters. The van der Waals surface area contributed by atoms with Gasteiger partial charge >= 0.3 is 0 Å². The van der Waals surface area contributed by atoms with Crippen LogP contribution < -0.4 is 10.3 Å². The highest BCUT2D eigenvalue weighted by Gasteiger charge is 2.11. The predicted octanol–water partition coefficient (Wildman–Crippen LogP) is 2.71. The number of nitrogens with one attached hydrogen (secondary N) is 1. The highest BCUT2D eigenvalue weighted by Crippen LogP contribution is 2.29. The Hall–Kier alpha value is -2.43. The van der Waals surface area contributed by atoms with Crippen molar-refractivity contribution >= 4 is 5.78 Å². The Balaban J connectivity index is 2.45. The Morgan fingerprint density at radius 1 is 1.33 bits per heavy atom. The molecule has 0 atom stereocenters. The first kappa shape index (κ1) is 15.0. The first-order valence-electron chi connectivity index (χ1n) is 6.65. The number of pyridine rings is 1. The van der Waals surface area contributed by atoms with E-state index in [0.29, 0.717) is 29.0 Å². The average molecular weight is 289 g/mol. The maximum atomic E-state index is 14.0. The number of benzene rings is 1. The smallest absolute Gasteiger partial charge is 0.251 e. The molecule has 5 heteroatoms. The minimum absolute atomic E-state index is 0.0655. The molecule has 0 fully saturated rings. The van der Waals surface area contributed by atoms with Crippen LogP contribution in [0.4, 0.5) is 4.39 Å². The summed E-state index contributed by atoms with van der Waals surface area (Å²) in [6, 6.07) is 5.96. The number of Topliss-reactive ketones (excluding diaryl/α,β-unsaturated/α-hetero) is 1. The Labute approximate surface area is 121 Å². The number of H-pyrrole nitrogens is 1. The molecule has 0 aliphatic rings. The second kappa shape index (κ2) is 6.35. The molecule has 110 valence electrons. The Bertz CT molecular complexity index is 722. The van der Waals surface area contributed by atoms with Crippen molar-refractivity contribution in [3.05, 3.63) is 52.2 Å². The van der Waals surface area contributed by atoms with Gasteiger partial charge in [0.15, 0.2) is 0 Å². The summed E-state index contributed by atoms with van der Waals surface area (Å²) >= 11 is 0. The van der Waals surface area contributed by atoms with Crippen molar-refractivity contribution in [1.82, 2.24) is 4.98 Å². The van der Waals surface area contributed by atoms with Gasteiger partial charge in [0.1, 0.15) is 17.3 Å². The van der Waals surface area contributed by atoms with Gasteiger partial charge in [0.2, 0.25) is 0 Å². The monoisotopic (exact) mass is 289 g/mol. The maximum Gasteiger partial charge on any atom is 0.251 e. The quantitative estimate of drug-likeness (QED) is 0.920. The van der Waals surface area contributed by atoms with Gasteiger partial charge < -0.3 is 9.72 Å². The number of rotatable bonds is 5. The number of aromatic amines is 1. The first-order valence-corrected chi connectivity index (χ1v) is 6.65. The van der Waals surface area contributed by atoms with Crippen LogP contribution >= 0.6 is 0 Å². The van der Waals surface area contributed by atoms with Crippen molar-refractivity contribution in [3.8, 4) is 16.9 Å². The van der Waals surface area contributed by atoms with E-state index >= 15 is 0 Å². The summed E-state index contributed by atoms with van der Waals surface area (Å²) in [7, 11) is 0. The first-order chi connectivity index (χ1) is 10.0. The fourth-order valence-electron chi connectivity index (χ4n) is 2.08. The molecule has 1 N–H and O–H groups in total. The molecule has 0 aliphatic carbocycles. The lowest BCUT2D eigenvalue weighted by Gasteiger charge is -2.10. The topological polar surface area (TPSA) is 59.2 Å². The molecule has 1 aromatic heterocycles. The van der Waals surface area contributed by atoms with Crippen molar-refractivity contribution in [2.75, 3.05) is 6.61 Å². The van der Waals surface area contributed by atoms with Gasteiger partial charge in [0, 0.05) is 24.2 Å². The number of carbonyl (C=O) groups excluding carboxylic acids is 1. The van der Waals surface area contributed by atoms with E-state index in [2.05, 4.69) is 4.98 Å². The van der Waals surface area contributed by atoms with Crippen LogP contribution in [0.3, 0.4) is 0 Å². The van der Waals surface area contributed by atoms with Gasteiger partial charge in [-0.1, -0.05) is 12.1 Å². The van der Waals surface area contributed by atoms with Gasteiger partial charge in [0.05, 0.1) is 6.61 Å². The highest BCUT2D eigenvalue weighted by molar-refractivity contribution is 5.78. The molecule has 4 nitrogen and oxygen atoms in total. The third-order valence-electron chi connectivity index (χ3n) is 2.99. The minimum Gasteiger partial charge on any atom is -0.493 e. The number of ether oxygens (including phenoxy) is 1. The summed E-state index contributed by atoms with van der Waals surface area (Å²) in [5.74, 6) is -0.142. The molecule has 2 rings (SSSR count). The lowest BCUT2D eigenvalue weighted by molar-refractivity contribution is -0.116. The molecular weight excluding hydrogens is 273 g/mol. The number of carbonyl (C=O) groups is 1. The molecule has 0 radical (unpaired) electrons. The zero-order chi connectivity index (χ0) is 15.4. The van der Waals surface area contributed by atoms with E-state index in [1.165, 1.54) is 25.3 Å². The third-order valence-corrected chi connectivity index (χ3v) is 2.99. The van der Waals surface area contributed by atoms with E-state index in [9.17, 15) is 14.0 Å². The van der Waals surface area contributed by atoms with Gasteiger partial charge in [-0.2, -0.15) is 0 Å². The van der Waals surface area contributed by atoms with Crippen LogP contribution in [0.25, 0.3) is 11.1 Å². The Morgan fingerprint density at radius 2 is 2.10 bits per heavy atom. The molecule has 21 heavy (non-hydrogen) atoms. The van der Waals surface area contributed by atoms with Crippen LogP contribution in [0.15, 0.2) is 35.3 Å². The summed E-state index contributed by atoms with van der Waals surface area (Å²) in [6.07, 6.45) is 1.56. The van der Waals surface area contributed by atoms with Crippen LogP contribution in [-0.4, -0.2) is 17.4 Å². The van der Waals surface area contributed by atoms with Crippen molar-refractivity contribution < 1.29 is 13.9 Å². The molecule has 0 amide bonds. The fraction of sp³-hybridized carbons (Fsp3) is 0.250. The highest BCUT2D eigenvalue weighted by atomic mass is 19.1. The number of hydrogen-bond acceptors (Lipinski definition) is 3. The van der Waals surface area contributed by atoms with Gasteiger partial charge in [-0.15, -0.1) is 0 Å². The molecule has 0 saturated heterocycles. The number of halogens is 1. The van der Waals surface area contributed by atoms with Crippen LogP contribution in [-0.2, 0) is 11.2 Å². The molecule has 2 aromatic rings. The Morgan fingerprint density at radius 3 is 2.71 bits per heavy atom. The van der Waals surface area contributed by atoms with Crippen LogP contribution in [0.1, 0.15) is 19.4 Å². The summed E-state index contributed by atoms with van der Waals surface area (Å²) in [5.41, 5.74) is 1.26. The minimum atomic E-state index is -0.448. The second-order valence-electron chi connectivity index (χ2n) is 4.69. The van der Waals surface area contributed by atoms with Gasteiger partial charge in [-0.05, 0) is 31.0 Å². The summed E-state index contributed by atoms with van der Waals surface area (Å²) in [4.78, 5) is 25.0. The van der Waals surface area contributed by atoms with E-state index < -0.39 is 5.82 Å². The SMILES string of the molecule is CCOc1cc(=O)[nH]cc1-c1ccc(CC(C)=O)c(F)c1. The normalized spacial score (nSPS) is 10.4. The van der Waals surface area contributed by atoms with E-state index in [1.54, 1.807) is 12.1 Å². The lowest BCUT2D eigenvalue weighted by atomic mass is 10.0. The number of ketones is 1. The van der Waals surface area contributed by atoms with Crippen molar-refractivity contribution in [2.24, 2.45) is 0 Å². The molecule has 0 saturated carbocycles. The van der Waals surface area contributed by atoms with Crippen molar-refractivity contribution in [1.29, 1.82) is 0 Å². The third kappa shape index (κ3) is 3.56. The van der Waals surface area contributed by atoms with E-state index in [1.807, 2.05) is 6.92 Å². The average Bonchev–Trinajstić information content (AvgIpc) is 2.41. The van der Waals surface area contributed by atoms with Gasteiger partial charge in [-0.25, -0.2) is 4.39 Å². The number of hydrogen-bond donors (Lipinski definition) is 1. The summed E-state index contributed by atoms with van der Waals surface area (Å²) in [5, 5.41) is 0. The van der Waals surface area contributed by atoms with E-state index in [4.69, 9.17) is 4.74 Å². The number of aromatic nitrogens is 1. The zero-order valence-corrected chi connectivity index (χ0v) is 11.9. The molecular formula is C16H16FNO3. The van der Waals surface area contributed by atoms with Gasteiger partial charge in [0.25, 0.3) is 5.56 Å². The lowest BCUT2D eigenvalue weighted by Crippen LogP contribution is -2.06. The molecule has 1 heterocycles. The largest absolute Gasteiger partial charge is 0.493 e. The van der Waals surface area contributed by atoms with Crippen LogP contribution in [0, 0.1) is 5.82 Å². The van der Waals surface area contributed by atoms with Crippen molar-refractivity contribution in [3.63, 3.8) is 0 Å². The zero-order valence-electron chi connectivity index (χ0n) is 11.9. The van der Waals surface area contributed by atoms with E-state index in [0.717, 1.165) is 0 Å². The molecule has 1 aromatic carbocycles. The van der Waals surface area contributed by atoms with Crippen LogP contribution in [0.5, 0.6) is 5.75 Å². The molecule has 0 spiro atoms. The van der Waals surface area contributed by atoms with Gasteiger partial charge in [-0.3, -0.25) is 9.59 Å². The fourth-order valence-corrected chi connectivity index (χ4v) is 2.08. The second-order valence-corrected chi connectivity index (χ2v) is 4.69.